The van der Waals surface area contributed by atoms with Crippen molar-refractivity contribution in [3.63, 3.8) is 0 Å². The van der Waals surface area contributed by atoms with E-state index in [1.807, 2.05) is 6.21 Å². The molecule has 52 valence electrons. The van der Waals surface area contributed by atoms with Gasteiger partial charge in [-0.3, -0.25) is 4.99 Å². The minimum absolute atomic E-state index is 0.848. The number of rotatable bonds is 1. The molecule has 0 aromatic rings. The van der Waals surface area contributed by atoms with Crippen LogP contribution in [0.15, 0.2) is 28.9 Å². The fraction of sp³-hybridized carbons (Fsp3) is 0.250. The Hall–Kier alpha value is -1.18. The highest BCUT2D eigenvalue weighted by molar-refractivity contribution is 5.73. The average molecular weight is 134 g/mol. The van der Waals surface area contributed by atoms with Gasteiger partial charge in [0.05, 0.1) is 5.70 Å². The van der Waals surface area contributed by atoms with Crippen LogP contribution >= 0.6 is 0 Å². The lowest BCUT2D eigenvalue weighted by atomic mass is 10.1. The number of aliphatic imine (C=N–C) groups is 1. The van der Waals surface area contributed by atoms with Crippen molar-refractivity contribution in [3.8, 4) is 0 Å². The van der Waals surface area contributed by atoms with Gasteiger partial charge in [0.25, 0.3) is 0 Å². The second-order valence-electron chi connectivity index (χ2n) is 2.17. The maximum absolute atomic E-state index is 6.81. The molecule has 0 aromatic heterocycles. The predicted octanol–water partition coefficient (Wildman–Crippen LogP) is 1.94. The van der Waals surface area contributed by atoms with Crippen LogP contribution in [0.3, 0.4) is 0 Å². The summed E-state index contributed by atoms with van der Waals surface area (Å²) in [7, 11) is 0. The van der Waals surface area contributed by atoms with Crippen LogP contribution < -0.4 is 0 Å². The summed E-state index contributed by atoms with van der Waals surface area (Å²) in [6, 6.07) is 0. The normalized spacial score (nSPS) is 21.6. The smallest absolute Gasteiger partial charge is 0.0666 e. The maximum Gasteiger partial charge on any atom is 0.0666 e. The Labute approximate surface area is 60.5 Å². The summed E-state index contributed by atoms with van der Waals surface area (Å²) in [4.78, 5) is 4.09. The quantitative estimate of drug-likeness (QED) is 0.532. The minimum Gasteiger partial charge on any atom is -0.309 e. The second kappa shape index (κ2) is 3.11. The Morgan fingerprint density at radius 1 is 1.70 bits per heavy atom. The first kappa shape index (κ1) is 6.93. The topological polar surface area (TPSA) is 36.2 Å². The molecule has 10 heavy (non-hydrogen) atoms. The maximum atomic E-state index is 6.81. The van der Waals surface area contributed by atoms with Crippen LogP contribution in [0.5, 0.6) is 0 Å². The first-order chi connectivity index (χ1) is 4.84. The largest absolute Gasteiger partial charge is 0.309 e. The van der Waals surface area contributed by atoms with E-state index in [0.717, 1.165) is 24.1 Å². The molecular formula is C8H10N2. The van der Waals surface area contributed by atoms with Crippen molar-refractivity contribution < 1.29 is 0 Å². The highest BCUT2D eigenvalue weighted by atomic mass is 14.7. The molecule has 1 aliphatic heterocycles. The molecule has 2 nitrogen and oxygen atoms in total. The Kier molecular flexibility index (Phi) is 2.15. The van der Waals surface area contributed by atoms with Gasteiger partial charge >= 0.3 is 0 Å². The standard InChI is InChI=1S/C8H10N2/c1-7-3-2-6-10-8(7)4-5-9/h4-6,9H,1-3H2/b8-4+,9-5?. The molecule has 0 unspecified atom stereocenters. The zero-order valence-corrected chi connectivity index (χ0v) is 5.80. The molecule has 0 radical (unpaired) electrons. The molecule has 1 N–H and O–H groups in total. The van der Waals surface area contributed by atoms with Crippen LogP contribution in [0.25, 0.3) is 0 Å². The predicted molar refractivity (Wildman–Crippen MR) is 43.7 cm³/mol. The molecule has 0 fully saturated rings. The van der Waals surface area contributed by atoms with E-state index in [0.29, 0.717) is 0 Å². The molecule has 0 aliphatic carbocycles. The van der Waals surface area contributed by atoms with Gasteiger partial charge in [-0.15, -0.1) is 0 Å². The van der Waals surface area contributed by atoms with E-state index in [1.165, 1.54) is 6.21 Å². The lowest BCUT2D eigenvalue weighted by Crippen LogP contribution is -1.94. The summed E-state index contributed by atoms with van der Waals surface area (Å²) in [5, 5.41) is 6.81. The third-order valence-electron chi connectivity index (χ3n) is 1.41. The molecule has 1 rings (SSSR count). The highest BCUT2D eigenvalue weighted by Gasteiger charge is 2.02. The van der Waals surface area contributed by atoms with Crippen molar-refractivity contribution in [2.24, 2.45) is 4.99 Å². The summed E-state index contributed by atoms with van der Waals surface area (Å²) in [6.45, 7) is 3.83. The van der Waals surface area contributed by atoms with E-state index in [-0.39, 0.29) is 0 Å². The first-order valence-electron chi connectivity index (χ1n) is 3.26. The van der Waals surface area contributed by atoms with Gasteiger partial charge in [-0.05, 0) is 24.5 Å². The van der Waals surface area contributed by atoms with Crippen LogP contribution in [-0.4, -0.2) is 12.4 Å². The monoisotopic (exact) mass is 134 g/mol. The van der Waals surface area contributed by atoms with Crippen molar-refractivity contribution in [2.45, 2.75) is 12.8 Å². The second-order valence-corrected chi connectivity index (χ2v) is 2.17. The molecule has 0 saturated carbocycles. The van der Waals surface area contributed by atoms with Crippen molar-refractivity contribution in [2.75, 3.05) is 0 Å². The van der Waals surface area contributed by atoms with Crippen molar-refractivity contribution >= 4 is 12.4 Å². The average Bonchev–Trinajstić information content (AvgIpc) is 1.94. The van der Waals surface area contributed by atoms with Gasteiger partial charge in [0, 0.05) is 12.4 Å². The van der Waals surface area contributed by atoms with E-state index < -0.39 is 0 Å². The fourth-order valence-corrected chi connectivity index (χ4v) is 0.861. The van der Waals surface area contributed by atoms with Gasteiger partial charge in [0.2, 0.25) is 0 Å². The molecule has 2 heteroatoms. The number of allylic oxidation sites excluding steroid dienone is 2. The van der Waals surface area contributed by atoms with E-state index >= 15 is 0 Å². The summed E-state index contributed by atoms with van der Waals surface area (Å²) in [5.41, 5.74) is 1.88. The third-order valence-corrected chi connectivity index (χ3v) is 1.41. The van der Waals surface area contributed by atoms with Crippen molar-refractivity contribution in [3.05, 3.63) is 23.9 Å². The van der Waals surface area contributed by atoms with Gasteiger partial charge < -0.3 is 5.41 Å². The number of nitrogens with zero attached hydrogens (tertiary/aromatic N) is 1. The summed E-state index contributed by atoms with van der Waals surface area (Å²) in [5.74, 6) is 0. The molecule has 0 saturated heterocycles. The first-order valence-corrected chi connectivity index (χ1v) is 3.26. The Morgan fingerprint density at radius 3 is 3.10 bits per heavy atom. The number of nitrogens with one attached hydrogen (secondary N) is 1. The summed E-state index contributed by atoms with van der Waals surface area (Å²) in [6.07, 6.45) is 6.72. The van der Waals surface area contributed by atoms with Crippen LogP contribution in [-0.2, 0) is 0 Å². The third kappa shape index (κ3) is 1.41. The molecular weight excluding hydrogens is 124 g/mol. The molecule has 0 bridgehead atoms. The SMILES string of the molecule is C=C1CCC=N/C1=C/C=N. The fourth-order valence-electron chi connectivity index (χ4n) is 0.861. The lowest BCUT2D eigenvalue weighted by Gasteiger charge is -2.07. The van der Waals surface area contributed by atoms with E-state index in [4.69, 9.17) is 5.41 Å². The molecule has 0 atom stereocenters. The van der Waals surface area contributed by atoms with E-state index in [2.05, 4.69) is 11.6 Å². The van der Waals surface area contributed by atoms with E-state index in [1.54, 1.807) is 6.08 Å². The minimum atomic E-state index is 0.848. The molecule has 0 aromatic carbocycles. The summed E-state index contributed by atoms with van der Waals surface area (Å²) < 4.78 is 0. The number of hydrogen-bond acceptors (Lipinski definition) is 2. The highest BCUT2D eigenvalue weighted by Crippen LogP contribution is 2.17. The summed E-state index contributed by atoms with van der Waals surface area (Å²) >= 11 is 0. The van der Waals surface area contributed by atoms with Crippen molar-refractivity contribution in [1.82, 2.24) is 0 Å². The molecule has 1 aliphatic rings. The van der Waals surface area contributed by atoms with Gasteiger partial charge in [0.15, 0.2) is 0 Å². The van der Waals surface area contributed by atoms with Crippen molar-refractivity contribution in [1.29, 1.82) is 5.41 Å². The molecule has 0 amide bonds. The molecule has 1 heterocycles. The van der Waals surface area contributed by atoms with E-state index in [9.17, 15) is 0 Å². The lowest BCUT2D eigenvalue weighted by molar-refractivity contribution is 0.995. The Morgan fingerprint density at radius 2 is 2.50 bits per heavy atom. The zero-order valence-electron chi connectivity index (χ0n) is 5.80. The van der Waals surface area contributed by atoms with Crippen LogP contribution in [0.1, 0.15) is 12.8 Å². The van der Waals surface area contributed by atoms with Gasteiger partial charge in [-0.2, -0.15) is 0 Å². The Bertz CT molecular complexity index is 211. The van der Waals surface area contributed by atoms with Gasteiger partial charge in [0.1, 0.15) is 0 Å². The molecule has 0 spiro atoms. The van der Waals surface area contributed by atoms with Gasteiger partial charge in [-0.25, -0.2) is 0 Å². The zero-order chi connectivity index (χ0) is 7.40. The number of hydrogen-bond donors (Lipinski definition) is 1. The van der Waals surface area contributed by atoms with Crippen LogP contribution in [0.2, 0.25) is 0 Å². The van der Waals surface area contributed by atoms with Crippen LogP contribution in [0.4, 0.5) is 0 Å². The van der Waals surface area contributed by atoms with Gasteiger partial charge in [-0.1, -0.05) is 6.58 Å². The van der Waals surface area contributed by atoms with Crippen LogP contribution in [0, 0.1) is 5.41 Å². The Balaban J connectivity index is 2.82.